The van der Waals surface area contributed by atoms with Crippen molar-refractivity contribution in [3.8, 4) is 0 Å². The monoisotopic (exact) mass is 300 g/mol. The van der Waals surface area contributed by atoms with Gasteiger partial charge in [-0.1, -0.05) is 13.0 Å². The zero-order valence-electron chi connectivity index (χ0n) is 11.8. The minimum Gasteiger partial charge on any atom is -0.478 e. The molecule has 0 unspecified atom stereocenters. The van der Waals surface area contributed by atoms with E-state index in [1.807, 2.05) is 6.92 Å². The average Bonchev–Trinajstić information content (AvgIpc) is 2.42. The molecule has 0 amide bonds. The second-order valence-electron chi connectivity index (χ2n) is 4.50. The first-order valence-corrected chi connectivity index (χ1v) is 8.15. The lowest BCUT2D eigenvalue weighted by Gasteiger charge is -2.10. The van der Waals surface area contributed by atoms with Crippen molar-refractivity contribution >= 4 is 15.8 Å². The van der Waals surface area contributed by atoms with Crippen LogP contribution in [0.25, 0.3) is 0 Å². The highest BCUT2D eigenvalue weighted by Gasteiger charge is 2.19. The molecule has 0 aromatic heterocycles. The van der Waals surface area contributed by atoms with E-state index in [2.05, 4.69) is 0 Å². The molecule has 0 aliphatic heterocycles. The fraction of sp³-hybridized carbons (Fsp3) is 0.500. The predicted molar refractivity (Wildman–Crippen MR) is 75.9 cm³/mol. The van der Waals surface area contributed by atoms with Crippen LogP contribution in [0, 0.1) is 0 Å². The summed E-state index contributed by atoms with van der Waals surface area (Å²) in [4.78, 5) is 11.1. The topological polar surface area (TPSA) is 80.7 Å². The molecule has 0 bridgehead atoms. The number of hydrogen-bond donors (Lipinski definition) is 1. The number of ether oxygens (including phenoxy) is 1. The zero-order valence-corrected chi connectivity index (χ0v) is 12.6. The SMILES string of the molecule is CCc1ccc(C(=O)O)cc1S(=O)(=O)CCCCOC. The molecule has 6 heteroatoms. The molecular formula is C14H20O5S. The third kappa shape index (κ3) is 4.31. The van der Waals surface area contributed by atoms with Crippen molar-refractivity contribution in [1.29, 1.82) is 0 Å². The predicted octanol–water partition coefficient (Wildman–Crippen LogP) is 2.15. The van der Waals surface area contributed by atoms with Gasteiger partial charge in [-0.3, -0.25) is 0 Å². The Labute approximate surface area is 119 Å². The first-order valence-electron chi connectivity index (χ1n) is 6.50. The summed E-state index contributed by atoms with van der Waals surface area (Å²) in [6, 6.07) is 4.27. The van der Waals surface area contributed by atoms with Gasteiger partial charge in [0.1, 0.15) is 0 Å². The number of sulfone groups is 1. The molecule has 1 N–H and O–H groups in total. The minimum atomic E-state index is -3.46. The molecule has 112 valence electrons. The van der Waals surface area contributed by atoms with Gasteiger partial charge >= 0.3 is 5.97 Å². The van der Waals surface area contributed by atoms with Crippen molar-refractivity contribution in [3.63, 3.8) is 0 Å². The lowest BCUT2D eigenvalue weighted by atomic mass is 10.1. The van der Waals surface area contributed by atoms with E-state index in [4.69, 9.17) is 9.84 Å². The van der Waals surface area contributed by atoms with Crippen LogP contribution in [-0.2, 0) is 21.0 Å². The number of aromatic carboxylic acids is 1. The van der Waals surface area contributed by atoms with Crippen LogP contribution in [0.3, 0.4) is 0 Å². The molecule has 1 rings (SSSR count). The Bertz CT molecular complexity index is 563. The van der Waals surface area contributed by atoms with Crippen LogP contribution in [0.5, 0.6) is 0 Å². The first kappa shape index (κ1) is 16.7. The van der Waals surface area contributed by atoms with Crippen LogP contribution in [0.4, 0.5) is 0 Å². The van der Waals surface area contributed by atoms with Crippen LogP contribution in [0.15, 0.2) is 23.1 Å². The van der Waals surface area contributed by atoms with Crippen molar-refractivity contribution in [2.45, 2.75) is 31.1 Å². The van der Waals surface area contributed by atoms with Gasteiger partial charge in [0.15, 0.2) is 9.84 Å². The van der Waals surface area contributed by atoms with Crippen molar-refractivity contribution in [2.24, 2.45) is 0 Å². The van der Waals surface area contributed by atoms with Gasteiger partial charge in [0.2, 0.25) is 0 Å². The fourth-order valence-corrected chi connectivity index (χ4v) is 3.64. The highest BCUT2D eigenvalue weighted by atomic mass is 32.2. The lowest BCUT2D eigenvalue weighted by molar-refractivity contribution is 0.0696. The standard InChI is InChI=1S/C14H20O5S/c1-3-11-6-7-12(14(15)16)10-13(11)20(17,18)9-5-4-8-19-2/h6-7,10H,3-5,8-9H2,1-2H3,(H,15,16). The lowest BCUT2D eigenvalue weighted by Crippen LogP contribution is -2.11. The van der Waals surface area contributed by atoms with Crippen LogP contribution < -0.4 is 0 Å². The van der Waals surface area contributed by atoms with Gasteiger partial charge in [-0.2, -0.15) is 0 Å². The van der Waals surface area contributed by atoms with E-state index in [1.54, 1.807) is 13.2 Å². The summed E-state index contributed by atoms with van der Waals surface area (Å²) in [5.41, 5.74) is 0.652. The summed E-state index contributed by atoms with van der Waals surface area (Å²) < 4.78 is 29.5. The maximum absolute atomic E-state index is 12.3. The van der Waals surface area contributed by atoms with Crippen LogP contribution in [0.2, 0.25) is 0 Å². The van der Waals surface area contributed by atoms with Gasteiger partial charge in [-0.05, 0) is 37.0 Å². The molecule has 0 radical (unpaired) electrons. The van der Waals surface area contributed by atoms with Crippen molar-refractivity contribution < 1.29 is 23.1 Å². The molecular weight excluding hydrogens is 280 g/mol. The maximum Gasteiger partial charge on any atom is 0.335 e. The van der Waals surface area contributed by atoms with E-state index in [0.29, 0.717) is 31.4 Å². The average molecular weight is 300 g/mol. The Balaban J connectivity index is 3.02. The third-order valence-corrected chi connectivity index (χ3v) is 4.92. The number of methoxy groups -OCH3 is 1. The smallest absolute Gasteiger partial charge is 0.335 e. The summed E-state index contributed by atoms with van der Waals surface area (Å²) >= 11 is 0. The highest BCUT2D eigenvalue weighted by Crippen LogP contribution is 2.21. The van der Waals surface area contributed by atoms with Crippen molar-refractivity contribution in [1.82, 2.24) is 0 Å². The van der Waals surface area contributed by atoms with Crippen LogP contribution in [0.1, 0.15) is 35.7 Å². The molecule has 0 spiro atoms. The molecule has 0 saturated heterocycles. The molecule has 0 aliphatic carbocycles. The Kier molecular flexibility index (Phi) is 6.16. The Morgan fingerprint density at radius 3 is 2.55 bits per heavy atom. The first-order chi connectivity index (χ1) is 9.42. The fourth-order valence-electron chi connectivity index (χ4n) is 1.92. The molecule has 0 saturated carbocycles. The van der Waals surface area contributed by atoms with E-state index < -0.39 is 15.8 Å². The molecule has 0 heterocycles. The second-order valence-corrected chi connectivity index (χ2v) is 6.58. The Morgan fingerprint density at radius 1 is 1.30 bits per heavy atom. The second kappa shape index (κ2) is 7.40. The summed E-state index contributed by atoms with van der Waals surface area (Å²) in [6.45, 7) is 2.37. The van der Waals surface area contributed by atoms with E-state index in [9.17, 15) is 13.2 Å². The maximum atomic E-state index is 12.3. The Morgan fingerprint density at radius 2 is 2.00 bits per heavy atom. The van der Waals surface area contributed by atoms with Crippen LogP contribution >= 0.6 is 0 Å². The normalized spacial score (nSPS) is 11.5. The van der Waals surface area contributed by atoms with E-state index in [-0.39, 0.29) is 16.2 Å². The quantitative estimate of drug-likeness (QED) is 0.744. The number of carboxylic acids is 1. The van der Waals surface area contributed by atoms with Crippen molar-refractivity contribution in [3.05, 3.63) is 29.3 Å². The molecule has 20 heavy (non-hydrogen) atoms. The van der Waals surface area contributed by atoms with Gasteiger partial charge in [0.25, 0.3) is 0 Å². The number of aryl methyl sites for hydroxylation is 1. The highest BCUT2D eigenvalue weighted by molar-refractivity contribution is 7.91. The Hall–Kier alpha value is -1.40. The van der Waals surface area contributed by atoms with Crippen molar-refractivity contribution in [2.75, 3.05) is 19.5 Å². The molecule has 0 aliphatic rings. The summed E-state index contributed by atoms with van der Waals surface area (Å²) in [7, 11) is -1.89. The molecule has 0 atom stereocenters. The van der Waals surface area contributed by atoms with Gasteiger partial charge in [-0.25, -0.2) is 13.2 Å². The van der Waals surface area contributed by atoms with Gasteiger partial charge < -0.3 is 9.84 Å². The number of rotatable bonds is 8. The van der Waals surface area contributed by atoms with Crippen LogP contribution in [-0.4, -0.2) is 39.0 Å². The largest absolute Gasteiger partial charge is 0.478 e. The molecule has 0 fully saturated rings. The third-order valence-electron chi connectivity index (χ3n) is 3.04. The number of carboxylic acid groups (broad SMARTS) is 1. The number of hydrogen-bond acceptors (Lipinski definition) is 4. The summed E-state index contributed by atoms with van der Waals surface area (Å²) in [5, 5.41) is 8.97. The number of benzene rings is 1. The van der Waals surface area contributed by atoms with Gasteiger partial charge in [-0.15, -0.1) is 0 Å². The van der Waals surface area contributed by atoms with E-state index >= 15 is 0 Å². The molecule has 5 nitrogen and oxygen atoms in total. The molecule has 1 aromatic rings. The number of unbranched alkanes of at least 4 members (excludes halogenated alkanes) is 1. The van der Waals surface area contributed by atoms with E-state index in [1.165, 1.54) is 12.1 Å². The zero-order chi connectivity index (χ0) is 15.2. The molecule has 1 aromatic carbocycles. The minimum absolute atomic E-state index is 0.00216. The van der Waals surface area contributed by atoms with Gasteiger partial charge in [0, 0.05) is 13.7 Å². The summed E-state index contributed by atoms with van der Waals surface area (Å²) in [6.07, 6.45) is 1.71. The number of carbonyl (C=O) groups is 1. The van der Waals surface area contributed by atoms with Gasteiger partial charge in [0.05, 0.1) is 16.2 Å². The van der Waals surface area contributed by atoms with E-state index in [0.717, 1.165) is 0 Å². The summed E-state index contributed by atoms with van der Waals surface area (Å²) in [5.74, 6) is -1.12.